The second kappa shape index (κ2) is 8.60. The smallest absolute Gasteiger partial charge is 0.271 e. The minimum absolute atomic E-state index is 0.167. The lowest BCUT2D eigenvalue weighted by Crippen LogP contribution is -2.36. The van der Waals surface area contributed by atoms with E-state index in [1.165, 1.54) is 32.1 Å². The third-order valence-corrected chi connectivity index (χ3v) is 4.45. The highest BCUT2D eigenvalue weighted by atomic mass is 35.5. The van der Waals surface area contributed by atoms with Crippen molar-refractivity contribution in [1.29, 1.82) is 0 Å². The maximum atomic E-state index is 12.2. The third kappa shape index (κ3) is 5.43. The molecule has 0 aromatic carbocycles. The molecule has 1 N–H and O–H groups in total. The zero-order valence-corrected chi connectivity index (χ0v) is 15.1. The lowest BCUT2D eigenvalue weighted by Gasteiger charge is -2.30. The fourth-order valence-electron chi connectivity index (χ4n) is 2.90. The second-order valence-electron chi connectivity index (χ2n) is 6.74. The summed E-state index contributed by atoms with van der Waals surface area (Å²) in [5.41, 5.74) is 0.275. The third-order valence-electron chi connectivity index (χ3n) is 4.17. The summed E-state index contributed by atoms with van der Waals surface area (Å²) in [6.45, 7) is 10.3. The molecule has 5 nitrogen and oxygen atoms in total. The molecule has 1 unspecified atom stereocenters. The van der Waals surface area contributed by atoms with E-state index in [0.29, 0.717) is 17.4 Å². The summed E-state index contributed by atoms with van der Waals surface area (Å²) in [6, 6.07) is 0. The summed E-state index contributed by atoms with van der Waals surface area (Å²) < 4.78 is 0. The van der Waals surface area contributed by atoms with E-state index in [0.717, 1.165) is 18.9 Å². The van der Waals surface area contributed by atoms with Gasteiger partial charge in [0.05, 0.1) is 11.2 Å². The van der Waals surface area contributed by atoms with Crippen molar-refractivity contribution in [2.75, 3.05) is 26.2 Å². The lowest BCUT2D eigenvalue weighted by molar-refractivity contribution is 0.0944. The highest BCUT2D eigenvalue weighted by molar-refractivity contribution is 6.33. The fourth-order valence-corrected chi connectivity index (χ4v) is 3.07. The number of rotatable bonds is 6. The van der Waals surface area contributed by atoms with Crippen LogP contribution in [0.1, 0.15) is 62.3 Å². The van der Waals surface area contributed by atoms with Gasteiger partial charge in [-0.1, -0.05) is 32.4 Å². The van der Waals surface area contributed by atoms with Crippen molar-refractivity contribution < 1.29 is 4.79 Å². The number of carbonyl (C=O) groups is 1. The molecular weight excluding hydrogens is 312 g/mol. The minimum atomic E-state index is -0.216. The number of hydrogen-bond donors (Lipinski definition) is 1. The molecule has 2 heterocycles. The van der Waals surface area contributed by atoms with Crippen LogP contribution in [0.25, 0.3) is 0 Å². The Kier molecular flexibility index (Phi) is 6.78. The van der Waals surface area contributed by atoms with Gasteiger partial charge in [0, 0.05) is 19.0 Å². The molecule has 0 spiro atoms. The number of likely N-dealkylation sites (tertiary alicyclic amines) is 1. The van der Waals surface area contributed by atoms with Gasteiger partial charge in [0.1, 0.15) is 11.5 Å². The minimum Gasteiger partial charge on any atom is -0.351 e. The van der Waals surface area contributed by atoms with Gasteiger partial charge in [0.15, 0.2) is 0 Å². The number of piperidine rings is 1. The van der Waals surface area contributed by atoms with E-state index in [-0.39, 0.29) is 17.5 Å². The Morgan fingerprint density at radius 3 is 3.00 bits per heavy atom. The normalized spacial score (nSPS) is 19.1. The molecule has 1 aromatic heterocycles. The van der Waals surface area contributed by atoms with Crippen molar-refractivity contribution in [3.63, 3.8) is 0 Å². The van der Waals surface area contributed by atoms with Gasteiger partial charge in [-0.2, -0.15) is 0 Å². The summed E-state index contributed by atoms with van der Waals surface area (Å²) >= 11 is 6.05. The van der Waals surface area contributed by atoms with Crippen LogP contribution in [0.4, 0.5) is 0 Å². The Labute approximate surface area is 143 Å². The molecule has 1 saturated heterocycles. The van der Waals surface area contributed by atoms with Crippen LogP contribution >= 0.6 is 11.6 Å². The molecular formula is C17H27ClN4O. The Bertz CT molecular complexity index is 535. The van der Waals surface area contributed by atoms with Crippen molar-refractivity contribution in [2.24, 2.45) is 5.92 Å². The van der Waals surface area contributed by atoms with Crippen LogP contribution in [0.15, 0.2) is 6.20 Å². The molecule has 0 bridgehead atoms. The number of aromatic nitrogens is 2. The molecule has 1 amide bonds. The van der Waals surface area contributed by atoms with Crippen molar-refractivity contribution in [3.05, 3.63) is 22.7 Å². The van der Waals surface area contributed by atoms with Gasteiger partial charge in [-0.25, -0.2) is 9.97 Å². The molecule has 23 heavy (non-hydrogen) atoms. The van der Waals surface area contributed by atoms with Gasteiger partial charge in [0.2, 0.25) is 0 Å². The maximum Gasteiger partial charge on any atom is 0.271 e. The van der Waals surface area contributed by atoms with Crippen LogP contribution < -0.4 is 5.32 Å². The van der Waals surface area contributed by atoms with Gasteiger partial charge in [-0.05, 0) is 38.3 Å². The average Bonchev–Trinajstić information content (AvgIpc) is 2.51. The summed E-state index contributed by atoms with van der Waals surface area (Å²) in [7, 11) is 0. The quantitative estimate of drug-likeness (QED) is 0.810. The maximum absolute atomic E-state index is 12.2. The first-order valence-corrected chi connectivity index (χ1v) is 8.88. The highest BCUT2D eigenvalue weighted by Crippen LogP contribution is 2.17. The number of amides is 1. The molecule has 2 rings (SSSR count). The van der Waals surface area contributed by atoms with E-state index in [4.69, 9.17) is 11.6 Å². The Morgan fingerprint density at radius 1 is 1.52 bits per heavy atom. The first-order chi connectivity index (χ1) is 11.0. The van der Waals surface area contributed by atoms with Crippen LogP contribution in [0.2, 0.25) is 5.02 Å². The van der Waals surface area contributed by atoms with E-state index in [2.05, 4.69) is 27.1 Å². The van der Waals surface area contributed by atoms with Crippen molar-refractivity contribution >= 4 is 17.5 Å². The second-order valence-corrected chi connectivity index (χ2v) is 7.14. The van der Waals surface area contributed by atoms with Gasteiger partial charge < -0.3 is 10.2 Å². The summed E-state index contributed by atoms with van der Waals surface area (Å²) in [5, 5.41) is 3.22. The Hall–Kier alpha value is -1.20. The van der Waals surface area contributed by atoms with E-state index in [1.807, 2.05) is 13.8 Å². The molecule has 128 valence electrons. The first-order valence-electron chi connectivity index (χ1n) is 8.50. The predicted molar refractivity (Wildman–Crippen MR) is 92.9 cm³/mol. The highest BCUT2D eigenvalue weighted by Gasteiger charge is 2.17. The van der Waals surface area contributed by atoms with E-state index >= 15 is 0 Å². The van der Waals surface area contributed by atoms with Crippen molar-refractivity contribution in [2.45, 2.75) is 46.0 Å². The summed E-state index contributed by atoms with van der Waals surface area (Å²) in [6.07, 6.45) is 5.06. The summed E-state index contributed by atoms with van der Waals surface area (Å²) in [5.74, 6) is 1.38. The van der Waals surface area contributed by atoms with Gasteiger partial charge in [0.25, 0.3) is 5.91 Å². The number of nitrogens with zero attached hydrogens (tertiary/aromatic N) is 3. The van der Waals surface area contributed by atoms with Gasteiger partial charge in [-0.3, -0.25) is 4.79 Å². The van der Waals surface area contributed by atoms with E-state index in [1.54, 1.807) is 0 Å². The fraction of sp³-hybridized carbons (Fsp3) is 0.706. The topological polar surface area (TPSA) is 58.1 Å². The number of carbonyl (C=O) groups excluding carboxylic acids is 1. The predicted octanol–water partition coefficient (Wildman–Crippen LogP) is 3.11. The Morgan fingerprint density at radius 2 is 2.30 bits per heavy atom. The molecule has 0 radical (unpaired) electrons. The van der Waals surface area contributed by atoms with Gasteiger partial charge in [-0.15, -0.1) is 0 Å². The number of halogens is 1. The first kappa shape index (κ1) is 18.1. The SMILES string of the molecule is CC1CCCN(CCCNC(=O)c2nc(C(C)C)ncc2Cl)C1. The van der Waals surface area contributed by atoms with Gasteiger partial charge >= 0.3 is 0 Å². The van der Waals surface area contributed by atoms with Crippen LogP contribution in [0, 0.1) is 5.92 Å². The molecule has 6 heteroatoms. The molecule has 1 aliphatic heterocycles. The molecule has 1 atom stereocenters. The van der Waals surface area contributed by atoms with Crippen molar-refractivity contribution in [3.8, 4) is 0 Å². The number of nitrogens with one attached hydrogen (secondary N) is 1. The standard InChI is InChI=1S/C17H27ClN4O/c1-12(2)16-20-10-14(18)15(21-16)17(23)19-7-5-9-22-8-4-6-13(3)11-22/h10,12-13H,4-9,11H2,1-3H3,(H,19,23). The van der Waals surface area contributed by atoms with Crippen LogP contribution in [0.5, 0.6) is 0 Å². The monoisotopic (exact) mass is 338 g/mol. The zero-order chi connectivity index (χ0) is 16.8. The molecule has 0 aliphatic carbocycles. The lowest BCUT2D eigenvalue weighted by atomic mass is 10.0. The van der Waals surface area contributed by atoms with Crippen LogP contribution in [-0.2, 0) is 0 Å². The largest absolute Gasteiger partial charge is 0.351 e. The average molecular weight is 339 g/mol. The Balaban J connectivity index is 1.79. The van der Waals surface area contributed by atoms with E-state index in [9.17, 15) is 4.79 Å². The van der Waals surface area contributed by atoms with Crippen molar-refractivity contribution in [1.82, 2.24) is 20.2 Å². The molecule has 1 aromatic rings. The van der Waals surface area contributed by atoms with E-state index < -0.39 is 0 Å². The molecule has 1 aliphatic rings. The zero-order valence-electron chi connectivity index (χ0n) is 14.3. The summed E-state index contributed by atoms with van der Waals surface area (Å²) in [4.78, 5) is 23.2. The van der Waals surface area contributed by atoms with Crippen LogP contribution in [-0.4, -0.2) is 47.0 Å². The number of hydrogen-bond acceptors (Lipinski definition) is 4. The molecule has 0 saturated carbocycles. The van der Waals surface area contributed by atoms with Crippen LogP contribution in [0.3, 0.4) is 0 Å². The molecule has 1 fully saturated rings.